The Kier molecular flexibility index (Phi) is 3.95. The SMILES string of the molecule is O=C(Cc1ccc(Cl)cc1)NC1c2ccccc2CC1O. The van der Waals surface area contributed by atoms with E-state index in [0.29, 0.717) is 11.4 Å². The summed E-state index contributed by atoms with van der Waals surface area (Å²) in [5, 5.41) is 13.7. The molecule has 3 nitrogen and oxygen atoms in total. The van der Waals surface area contributed by atoms with Gasteiger partial charge in [0, 0.05) is 11.4 Å². The van der Waals surface area contributed by atoms with E-state index in [1.165, 1.54) is 0 Å². The van der Waals surface area contributed by atoms with E-state index < -0.39 is 6.10 Å². The van der Waals surface area contributed by atoms with E-state index in [0.717, 1.165) is 16.7 Å². The minimum absolute atomic E-state index is 0.0990. The number of hydrogen-bond donors (Lipinski definition) is 2. The van der Waals surface area contributed by atoms with Crippen LogP contribution in [0.5, 0.6) is 0 Å². The number of amides is 1. The number of aliphatic hydroxyl groups is 1. The van der Waals surface area contributed by atoms with Crippen molar-refractivity contribution >= 4 is 17.5 Å². The lowest BCUT2D eigenvalue weighted by Gasteiger charge is -2.18. The van der Waals surface area contributed by atoms with Gasteiger partial charge in [-0.2, -0.15) is 0 Å². The van der Waals surface area contributed by atoms with E-state index in [9.17, 15) is 9.90 Å². The number of hydrogen-bond acceptors (Lipinski definition) is 2. The summed E-state index contributed by atoms with van der Waals surface area (Å²) in [6.07, 6.45) is 0.307. The molecule has 21 heavy (non-hydrogen) atoms. The fourth-order valence-corrected chi connectivity index (χ4v) is 2.89. The van der Waals surface area contributed by atoms with Crippen LogP contribution in [0.25, 0.3) is 0 Å². The molecule has 2 aromatic carbocycles. The predicted molar refractivity (Wildman–Crippen MR) is 82.2 cm³/mol. The standard InChI is InChI=1S/C17H16ClNO2/c18-13-7-5-11(6-8-13)9-16(21)19-17-14-4-2-1-3-12(14)10-15(17)20/h1-8,15,17,20H,9-10H2,(H,19,21). The normalized spacial score (nSPS) is 20.1. The van der Waals surface area contributed by atoms with Crippen LogP contribution in [0.3, 0.4) is 0 Å². The van der Waals surface area contributed by atoms with Crippen LogP contribution >= 0.6 is 11.6 Å². The van der Waals surface area contributed by atoms with Crippen LogP contribution < -0.4 is 5.32 Å². The maximum Gasteiger partial charge on any atom is 0.224 e. The molecule has 1 aliphatic carbocycles. The molecule has 0 fully saturated rings. The smallest absolute Gasteiger partial charge is 0.224 e. The van der Waals surface area contributed by atoms with Gasteiger partial charge < -0.3 is 10.4 Å². The molecule has 2 unspecified atom stereocenters. The topological polar surface area (TPSA) is 49.3 Å². The van der Waals surface area contributed by atoms with E-state index in [1.54, 1.807) is 12.1 Å². The maximum atomic E-state index is 12.2. The molecular weight excluding hydrogens is 286 g/mol. The quantitative estimate of drug-likeness (QED) is 0.915. The largest absolute Gasteiger partial charge is 0.390 e. The first kappa shape index (κ1) is 14.1. The molecule has 0 aliphatic heterocycles. The molecule has 0 saturated carbocycles. The molecule has 1 amide bonds. The molecule has 2 atom stereocenters. The van der Waals surface area contributed by atoms with E-state index in [-0.39, 0.29) is 18.4 Å². The number of rotatable bonds is 3. The van der Waals surface area contributed by atoms with Gasteiger partial charge in [0.05, 0.1) is 18.6 Å². The van der Waals surface area contributed by atoms with Crippen LogP contribution in [0.4, 0.5) is 0 Å². The Labute approximate surface area is 128 Å². The molecule has 0 bridgehead atoms. The van der Waals surface area contributed by atoms with Gasteiger partial charge in [-0.3, -0.25) is 4.79 Å². The van der Waals surface area contributed by atoms with Crippen LogP contribution in [0, 0.1) is 0 Å². The second kappa shape index (κ2) is 5.88. The highest BCUT2D eigenvalue weighted by atomic mass is 35.5. The van der Waals surface area contributed by atoms with Crippen molar-refractivity contribution in [1.82, 2.24) is 5.32 Å². The molecule has 0 saturated heterocycles. The lowest BCUT2D eigenvalue weighted by Crippen LogP contribution is -2.34. The molecular formula is C17H16ClNO2. The highest BCUT2D eigenvalue weighted by Crippen LogP contribution is 2.31. The van der Waals surface area contributed by atoms with E-state index in [4.69, 9.17) is 11.6 Å². The minimum atomic E-state index is -0.559. The van der Waals surface area contributed by atoms with Crippen LogP contribution in [0.1, 0.15) is 22.7 Å². The Morgan fingerprint density at radius 3 is 2.67 bits per heavy atom. The third-order valence-electron chi connectivity index (χ3n) is 3.80. The first-order chi connectivity index (χ1) is 10.1. The molecule has 0 aromatic heterocycles. The summed E-state index contributed by atoms with van der Waals surface area (Å²) in [4.78, 5) is 12.2. The van der Waals surface area contributed by atoms with Crippen LogP contribution in [0.2, 0.25) is 5.02 Å². The first-order valence-electron chi connectivity index (χ1n) is 6.93. The number of nitrogens with one attached hydrogen (secondary N) is 1. The van der Waals surface area contributed by atoms with Crippen molar-refractivity contribution in [2.45, 2.75) is 25.0 Å². The second-order valence-electron chi connectivity index (χ2n) is 5.32. The lowest BCUT2D eigenvalue weighted by molar-refractivity contribution is -0.121. The molecule has 3 rings (SSSR count). The summed E-state index contributed by atoms with van der Waals surface area (Å²) in [5.41, 5.74) is 3.01. The number of fused-ring (bicyclic) bond motifs is 1. The molecule has 2 aromatic rings. The Bertz CT molecular complexity index is 654. The fraction of sp³-hybridized carbons (Fsp3) is 0.235. The van der Waals surface area contributed by atoms with Crippen molar-refractivity contribution in [3.05, 3.63) is 70.2 Å². The highest BCUT2D eigenvalue weighted by molar-refractivity contribution is 6.30. The third-order valence-corrected chi connectivity index (χ3v) is 4.05. The summed E-state index contributed by atoms with van der Waals surface area (Å²) in [6, 6.07) is 14.7. The number of carbonyl (C=O) groups is 1. The predicted octanol–water partition coefficient (Wildman–Crippen LogP) is 2.66. The monoisotopic (exact) mass is 301 g/mol. The number of aliphatic hydroxyl groups excluding tert-OH is 1. The van der Waals surface area contributed by atoms with E-state index in [2.05, 4.69) is 5.32 Å². The minimum Gasteiger partial charge on any atom is -0.390 e. The van der Waals surface area contributed by atoms with Crippen LogP contribution in [-0.2, 0) is 17.6 Å². The number of carbonyl (C=O) groups excluding carboxylic acids is 1. The van der Waals surface area contributed by atoms with Gasteiger partial charge >= 0.3 is 0 Å². The van der Waals surface area contributed by atoms with Gasteiger partial charge in [0.1, 0.15) is 0 Å². The molecule has 0 heterocycles. The van der Waals surface area contributed by atoms with Gasteiger partial charge in [-0.25, -0.2) is 0 Å². The van der Waals surface area contributed by atoms with Crippen LogP contribution in [-0.4, -0.2) is 17.1 Å². The summed E-state index contributed by atoms with van der Waals surface area (Å²) >= 11 is 5.83. The summed E-state index contributed by atoms with van der Waals surface area (Å²) < 4.78 is 0. The van der Waals surface area contributed by atoms with Crippen molar-refractivity contribution < 1.29 is 9.90 Å². The zero-order valence-electron chi connectivity index (χ0n) is 11.4. The van der Waals surface area contributed by atoms with Gasteiger partial charge in [-0.15, -0.1) is 0 Å². The number of halogens is 1. The van der Waals surface area contributed by atoms with Crippen LogP contribution in [0.15, 0.2) is 48.5 Å². The fourth-order valence-electron chi connectivity index (χ4n) is 2.76. The average molecular weight is 302 g/mol. The Balaban J connectivity index is 1.69. The maximum absolute atomic E-state index is 12.2. The van der Waals surface area contributed by atoms with Gasteiger partial charge in [0.25, 0.3) is 0 Å². The van der Waals surface area contributed by atoms with Gasteiger partial charge in [0.15, 0.2) is 0 Å². The van der Waals surface area contributed by atoms with E-state index >= 15 is 0 Å². The Morgan fingerprint density at radius 2 is 1.90 bits per heavy atom. The third kappa shape index (κ3) is 3.09. The van der Waals surface area contributed by atoms with Crippen molar-refractivity contribution in [3.63, 3.8) is 0 Å². The highest BCUT2D eigenvalue weighted by Gasteiger charge is 2.31. The number of benzene rings is 2. The zero-order valence-corrected chi connectivity index (χ0v) is 12.2. The van der Waals surface area contributed by atoms with Crippen molar-refractivity contribution in [1.29, 1.82) is 0 Å². The second-order valence-corrected chi connectivity index (χ2v) is 5.76. The average Bonchev–Trinajstić information content (AvgIpc) is 2.78. The van der Waals surface area contributed by atoms with E-state index in [1.807, 2.05) is 36.4 Å². The molecule has 1 aliphatic rings. The van der Waals surface area contributed by atoms with Crippen molar-refractivity contribution in [2.24, 2.45) is 0 Å². The zero-order chi connectivity index (χ0) is 14.8. The Hall–Kier alpha value is -1.84. The first-order valence-corrected chi connectivity index (χ1v) is 7.31. The van der Waals surface area contributed by atoms with Gasteiger partial charge in [0.2, 0.25) is 5.91 Å². The summed E-state index contributed by atoms with van der Waals surface area (Å²) in [7, 11) is 0. The van der Waals surface area contributed by atoms with Crippen molar-refractivity contribution in [2.75, 3.05) is 0 Å². The molecule has 0 radical (unpaired) electrons. The Morgan fingerprint density at radius 1 is 1.19 bits per heavy atom. The molecule has 108 valence electrons. The van der Waals surface area contributed by atoms with Crippen molar-refractivity contribution in [3.8, 4) is 0 Å². The van der Waals surface area contributed by atoms with Gasteiger partial charge in [-0.05, 0) is 28.8 Å². The summed E-state index contributed by atoms with van der Waals surface area (Å²) in [6.45, 7) is 0. The molecule has 0 spiro atoms. The summed E-state index contributed by atoms with van der Waals surface area (Å²) in [5.74, 6) is -0.0990. The lowest BCUT2D eigenvalue weighted by atomic mass is 10.1. The molecule has 2 N–H and O–H groups in total. The van der Waals surface area contributed by atoms with Gasteiger partial charge in [-0.1, -0.05) is 48.0 Å². The molecule has 4 heteroatoms.